The number of anilines is 1. The number of thioether (sulfide) groups is 1. The lowest BCUT2D eigenvalue weighted by Crippen LogP contribution is -2.23. The highest BCUT2D eigenvalue weighted by Gasteiger charge is 2.07. The van der Waals surface area contributed by atoms with Gasteiger partial charge in [-0.1, -0.05) is 25.1 Å². The van der Waals surface area contributed by atoms with Gasteiger partial charge in [0.2, 0.25) is 0 Å². The fourth-order valence-corrected chi connectivity index (χ4v) is 3.20. The predicted molar refractivity (Wildman–Crippen MR) is 106 cm³/mol. The summed E-state index contributed by atoms with van der Waals surface area (Å²) in [5.41, 5.74) is 6.83. The van der Waals surface area contributed by atoms with E-state index in [9.17, 15) is 0 Å². The average molecular weight is 359 g/mol. The van der Waals surface area contributed by atoms with Crippen LogP contribution < -0.4 is 20.5 Å². The minimum Gasteiger partial charge on any atom is -0.497 e. The van der Waals surface area contributed by atoms with Crippen molar-refractivity contribution in [2.75, 3.05) is 31.8 Å². The number of nitrogens with two attached hydrogens (primary N) is 1. The normalized spacial score (nSPS) is 12.5. The molecule has 0 radical (unpaired) electrons. The van der Waals surface area contributed by atoms with Crippen LogP contribution in [-0.2, 0) is 0 Å². The van der Waals surface area contributed by atoms with Gasteiger partial charge >= 0.3 is 0 Å². The molecular weight excluding hydrogens is 334 g/mol. The van der Waals surface area contributed by atoms with Crippen molar-refractivity contribution in [2.45, 2.75) is 11.8 Å². The minimum absolute atomic E-state index is 0.389. The summed E-state index contributed by atoms with van der Waals surface area (Å²) >= 11 is 1.77. The van der Waals surface area contributed by atoms with Crippen LogP contribution in [0, 0.1) is 5.92 Å². The largest absolute Gasteiger partial charge is 0.497 e. The topological polar surface area (TPSA) is 68.9 Å². The SMILES string of the molecule is COc1cccc(NC(N)=NCC(C)CSc2ccccc2OC)c1. The molecule has 0 fully saturated rings. The highest BCUT2D eigenvalue weighted by molar-refractivity contribution is 7.99. The molecule has 0 aliphatic heterocycles. The maximum absolute atomic E-state index is 5.97. The molecule has 134 valence electrons. The number of aliphatic imine (C=N–C) groups is 1. The second-order valence-electron chi connectivity index (χ2n) is 5.65. The first-order valence-corrected chi connectivity index (χ1v) is 9.07. The second kappa shape index (κ2) is 9.84. The molecule has 2 rings (SSSR count). The molecule has 0 aromatic heterocycles. The Morgan fingerprint density at radius 1 is 1.16 bits per heavy atom. The molecule has 25 heavy (non-hydrogen) atoms. The van der Waals surface area contributed by atoms with Gasteiger partial charge in [-0.05, 0) is 30.2 Å². The third-order valence-corrected chi connectivity index (χ3v) is 4.89. The fourth-order valence-electron chi connectivity index (χ4n) is 2.17. The molecule has 1 atom stereocenters. The van der Waals surface area contributed by atoms with Gasteiger partial charge in [0.15, 0.2) is 5.96 Å². The van der Waals surface area contributed by atoms with Crippen molar-refractivity contribution < 1.29 is 9.47 Å². The van der Waals surface area contributed by atoms with Gasteiger partial charge in [-0.15, -0.1) is 11.8 Å². The van der Waals surface area contributed by atoms with Crippen LogP contribution in [0.25, 0.3) is 0 Å². The van der Waals surface area contributed by atoms with Crippen molar-refractivity contribution in [2.24, 2.45) is 16.6 Å². The zero-order valence-corrected chi connectivity index (χ0v) is 15.7. The summed E-state index contributed by atoms with van der Waals surface area (Å²) in [5.74, 6) is 3.42. The number of nitrogens with zero attached hydrogens (tertiary/aromatic N) is 1. The van der Waals surface area contributed by atoms with Gasteiger partial charge in [-0.3, -0.25) is 4.99 Å². The van der Waals surface area contributed by atoms with Crippen molar-refractivity contribution in [3.8, 4) is 11.5 Å². The second-order valence-corrected chi connectivity index (χ2v) is 6.71. The number of rotatable bonds is 8. The smallest absolute Gasteiger partial charge is 0.193 e. The molecular formula is C19H25N3O2S. The Hall–Kier alpha value is -2.34. The first-order valence-electron chi connectivity index (χ1n) is 8.09. The van der Waals surface area contributed by atoms with E-state index in [-0.39, 0.29) is 0 Å². The molecule has 2 aromatic rings. The molecule has 1 unspecified atom stereocenters. The third-order valence-electron chi connectivity index (χ3n) is 3.51. The molecule has 2 aromatic carbocycles. The standard InChI is InChI=1S/C19H25N3O2S/c1-14(13-25-18-10-5-4-9-17(18)24-3)12-21-19(20)22-15-7-6-8-16(11-15)23-2/h4-11,14H,12-13H2,1-3H3,(H3,20,21,22). The van der Waals surface area contributed by atoms with Gasteiger partial charge in [-0.25, -0.2) is 0 Å². The van der Waals surface area contributed by atoms with Gasteiger partial charge in [-0.2, -0.15) is 0 Å². The number of hydrogen-bond acceptors (Lipinski definition) is 4. The highest BCUT2D eigenvalue weighted by Crippen LogP contribution is 2.30. The van der Waals surface area contributed by atoms with E-state index in [1.165, 1.54) is 0 Å². The van der Waals surface area contributed by atoms with Gasteiger partial charge in [0.1, 0.15) is 11.5 Å². The summed E-state index contributed by atoms with van der Waals surface area (Å²) in [5, 5.41) is 3.08. The number of guanidine groups is 1. The van der Waals surface area contributed by atoms with Crippen molar-refractivity contribution in [1.29, 1.82) is 0 Å². The van der Waals surface area contributed by atoms with E-state index in [0.717, 1.165) is 27.8 Å². The molecule has 0 amide bonds. The van der Waals surface area contributed by atoms with Gasteiger partial charge < -0.3 is 20.5 Å². The van der Waals surface area contributed by atoms with Crippen molar-refractivity contribution in [3.05, 3.63) is 48.5 Å². The van der Waals surface area contributed by atoms with Crippen LogP contribution in [-0.4, -0.2) is 32.5 Å². The summed E-state index contributed by atoms with van der Waals surface area (Å²) < 4.78 is 10.6. The molecule has 0 aliphatic rings. The van der Waals surface area contributed by atoms with Crippen molar-refractivity contribution in [1.82, 2.24) is 0 Å². The lowest BCUT2D eigenvalue weighted by atomic mass is 10.2. The average Bonchev–Trinajstić information content (AvgIpc) is 2.65. The monoisotopic (exact) mass is 359 g/mol. The van der Waals surface area contributed by atoms with Gasteiger partial charge in [0, 0.05) is 28.9 Å². The van der Waals surface area contributed by atoms with E-state index in [1.807, 2.05) is 42.5 Å². The van der Waals surface area contributed by atoms with Crippen LogP contribution in [0.2, 0.25) is 0 Å². The number of nitrogens with one attached hydrogen (secondary N) is 1. The Bertz CT molecular complexity index is 707. The van der Waals surface area contributed by atoms with Crippen molar-refractivity contribution in [3.63, 3.8) is 0 Å². The summed E-state index contributed by atoms with van der Waals surface area (Å²) in [6, 6.07) is 15.6. The molecule has 6 heteroatoms. The van der Waals surface area contributed by atoms with Gasteiger partial charge in [0.05, 0.1) is 14.2 Å². The van der Waals surface area contributed by atoms with Crippen LogP contribution in [0.4, 0.5) is 5.69 Å². The summed E-state index contributed by atoms with van der Waals surface area (Å²) in [6.07, 6.45) is 0. The van der Waals surface area contributed by atoms with E-state index in [4.69, 9.17) is 15.2 Å². The number of hydrogen-bond donors (Lipinski definition) is 2. The zero-order chi connectivity index (χ0) is 18.1. The maximum Gasteiger partial charge on any atom is 0.193 e. The Morgan fingerprint density at radius 3 is 2.72 bits per heavy atom. The summed E-state index contributed by atoms with van der Waals surface area (Å²) in [7, 11) is 3.33. The van der Waals surface area contributed by atoms with E-state index in [0.29, 0.717) is 18.4 Å². The Labute approximate surface area is 153 Å². The van der Waals surface area contributed by atoms with Crippen molar-refractivity contribution >= 4 is 23.4 Å². The number of methoxy groups -OCH3 is 2. The van der Waals surface area contributed by atoms with Crippen LogP contribution in [0.5, 0.6) is 11.5 Å². The number of benzene rings is 2. The highest BCUT2D eigenvalue weighted by atomic mass is 32.2. The van der Waals surface area contributed by atoms with E-state index >= 15 is 0 Å². The summed E-state index contributed by atoms with van der Waals surface area (Å²) in [4.78, 5) is 5.57. The first-order chi connectivity index (χ1) is 12.1. The van der Waals surface area contributed by atoms with Crippen LogP contribution in [0.3, 0.4) is 0 Å². The Morgan fingerprint density at radius 2 is 1.96 bits per heavy atom. The van der Waals surface area contributed by atoms with E-state index in [1.54, 1.807) is 26.0 Å². The molecule has 0 aliphatic carbocycles. The molecule has 0 heterocycles. The Kier molecular flexibility index (Phi) is 7.47. The summed E-state index contributed by atoms with van der Waals surface area (Å²) in [6.45, 7) is 2.82. The third kappa shape index (κ3) is 6.23. The molecule has 0 bridgehead atoms. The zero-order valence-electron chi connectivity index (χ0n) is 14.9. The lowest BCUT2D eigenvalue weighted by molar-refractivity contribution is 0.405. The van der Waals surface area contributed by atoms with E-state index in [2.05, 4.69) is 23.3 Å². The maximum atomic E-state index is 5.97. The lowest BCUT2D eigenvalue weighted by Gasteiger charge is -2.12. The molecule has 0 spiro atoms. The first kappa shape index (κ1) is 19.0. The van der Waals surface area contributed by atoms with Crippen LogP contribution >= 0.6 is 11.8 Å². The fraction of sp³-hybridized carbons (Fsp3) is 0.316. The quantitative estimate of drug-likeness (QED) is 0.425. The van der Waals surface area contributed by atoms with Crippen LogP contribution in [0.15, 0.2) is 58.4 Å². The van der Waals surface area contributed by atoms with Gasteiger partial charge in [0.25, 0.3) is 0 Å². The molecule has 0 saturated heterocycles. The predicted octanol–water partition coefficient (Wildman–Crippen LogP) is 3.86. The molecule has 0 saturated carbocycles. The molecule has 5 nitrogen and oxygen atoms in total. The van der Waals surface area contributed by atoms with Crippen LogP contribution in [0.1, 0.15) is 6.92 Å². The number of para-hydroxylation sites is 1. The molecule has 3 N–H and O–H groups in total. The Balaban J connectivity index is 1.83. The number of ether oxygens (including phenoxy) is 2. The van der Waals surface area contributed by atoms with E-state index < -0.39 is 0 Å². The minimum atomic E-state index is 0.389.